The van der Waals surface area contributed by atoms with Crippen molar-refractivity contribution in [3.05, 3.63) is 58.5 Å². The maximum atomic E-state index is 11.5. The van der Waals surface area contributed by atoms with E-state index in [0.29, 0.717) is 12.1 Å². The number of aromatic amines is 1. The van der Waals surface area contributed by atoms with E-state index in [0.717, 1.165) is 11.1 Å². The first-order valence-electron chi connectivity index (χ1n) is 4.78. The Morgan fingerprint density at radius 3 is 2.47 bits per heavy atom. The molecule has 0 aliphatic heterocycles. The number of H-pyrrole nitrogens is 1. The van der Waals surface area contributed by atoms with Crippen molar-refractivity contribution in [2.45, 2.75) is 6.54 Å². The third-order valence-corrected chi connectivity index (χ3v) is 2.32. The quantitative estimate of drug-likeness (QED) is 0.771. The van der Waals surface area contributed by atoms with E-state index in [-0.39, 0.29) is 5.56 Å². The average Bonchev–Trinajstić information content (AvgIpc) is 2.30. The van der Waals surface area contributed by atoms with Crippen molar-refractivity contribution in [2.24, 2.45) is 5.73 Å². The Labute approximate surface area is 87.6 Å². The van der Waals surface area contributed by atoms with Crippen LogP contribution in [0, 0.1) is 0 Å². The largest absolute Gasteiger partial charge is 0.329 e. The van der Waals surface area contributed by atoms with Gasteiger partial charge in [-0.2, -0.15) is 0 Å². The highest BCUT2D eigenvalue weighted by Crippen LogP contribution is 2.14. The molecule has 0 saturated carbocycles. The van der Waals surface area contributed by atoms with Crippen LogP contribution in [0.4, 0.5) is 0 Å². The lowest BCUT2D eigenvalue weighted by atomic mass is 10.1. The normalized spacial score (nSPS) is 10.2. The van der Waals surface area contributed by atoms with E-state index >= 15 is 0 Å². The number of benzene rings is 1. The molecule has 1 heterocycles. The molecule has 2 aromatic rings. The highest BCUT2D eigenvalue weighted by molar-refractivity contribution is 5.62. The fourth-order valence-corrected chi connectivity index (χ4v) is 1.47. The van der Waals surface area contributed by atoms with Crippen LogP contribution in [0.2, 0.25) is 0 Å². The second-order valence-electron chi connectivity index (χ2n) is 3.31. The minimum atomic E-state index is -0.0713. The summed E-state index contributed by atoms with van der Waals surface area (Å²) in [6.07, 6.45) is 1.63. The Balaban J connectivity index is 2.46. The van der Waals surface area contributed by atoms with Gasteiger partial charge in [-0.05, 0) is 23.3 Å². The molecule has 76 valence electrons. The molecule has 0 aliphatic rings. The van der Waals surface area contributed by atoms with E-state index in [9.17, 15) is 4.79 Å². The molecule has 0 unspecified atom stereocenters. The van der Waals surface area contributed by atoms with E-state index < -0.39 is 0 Å². The standard InChI is InChI=1S/C12H12N2O/c13-8-9-3-5-10(6-4-9)11-2-1-7-14-12(11)15/h1-7H,8,13H2,(H,14,15). The zero-order valence-electron chi connectivity index (χ0n) is 8.23. The van der Waals surface area contributed by atoms with Gasteiger partial charge in [-0.25, -0.2) is 0 Å². The first kappa shape index (κ1) is 9.68. The molecule has 0 fully saturated rings. The van der Waals surface area contributed by atoms with Crippen molar-refractivity contribution in [1.29, 1.82) is 0 Å². The summed E-state index contributed by atoms with van der Waals surface area (Å²) >= 11 is 0. The summed E-state index contributed by atoms with van der Waals surface area (Å²) in [4.78, 5) is 14.1. The number of rotatable bonds is 2. The number of aromatic nitrogens is 1. The maximum Gasteiger partial charge on any atom is 0.255 e. The number of nitrogens with two attached hydrogens (primary N) is 1. The lowest BCUT2D eigenvalue weighted by molar-refractivity contribution is 1.07. The van der Waals surface area contributed by atoms with E-state index in [1.807, 2.05) is 30.3 Å². The molecular formula is C12H12N2O. The van der Waals surface area contributed by atoms with E-state index in [4.69, 9.17) is 5.73 Å². The third kappa shape index (κ3) is 1.97. The molecule has 0 radical (unpaired) electrons. The summed E-state index contributed by atoms with van der Waals surface area (Å²) in [5, 5.41) is 0. The number of nitrogens with one attached hydrogen (secondary N) is 1. The van der Waals surface area contributed by atoms with Crippen molar-refractivity contribution < 1.29 is 0 Å². The van der Waals surface area contributed by atoms with E-state index in [2.05, 4.69) is 4.98 Å². The smallest absolute Gasteiger partial charge is 0.255 e. The number of hydrogen-bond donors (Lipinski definition) is 2. The zero-order chi connectivity index (χ0) is 10.7. The van der Waals surface area contributed by atoms with Gasteiger partial charge in [0.05, 0.1) is 0 Å². The molecule has 0 bridgehead atoms. The molecule has 0 atom stereocenters. The Morgan fingerprint density at radius 2 is 1.87 bits per heavy atom. The second-order valence-corrected chi connectivity index (χ2v) is 3.31. The first-order valence-corrected chi connectivity index (χ1v) is 4.78. The Hall–Kier alpha value is -1.87. The Morgan fingerprint density at radius 1 is 1.13 bits per heavy atom. The van der Waals surface area contributed by atoms with Crippen LogP contribution in [0.5, 0.6) is 0 Å². The van der Waals surface area contributed by atoms with Crippen LogP contribution in [-0.2, 0) is 6.54 Å². The van der Waals surface area contributed by atoms with Crippen LogP contribution in [0.1, 0.15) is 5.56 Å². The summed E-state index contributed by atoms with van der Waals surface area (Å²) in [5.74, 6) is 0. The lowest BCUT2D eigenvalue weighted by Gasteiger charge is -2.01. The molecule has 0 amide bonds. The summed E-state index contributed by atoms with van der Waals surface area (Å²) < 4.78 is 0. The highest BCUT2D eigenvalue weighted by atomic mass is 16.1. The van der Waals surface area contributed by atoms with E-state index in [1.165, 1.54) is 0 Å². The average molecular weight is 200 g/mol. The van der Waals surface area contributed by atoms with Gasteiger partial charge >= 0.3 is 0 Å². The van der Waals surface area contributed by atoms with Crippen molar-refractivity contribution in [1.82, 2.24) is 4.98 Å². The molecule has 15 heavy (non-hydrogen) atoms. The summed E-state index contributed by atoms with van der Waals surface area (Å²) in [6, 6.07) is 11.3. The van der Waals surface area contributed by atoms with Crippen LogP contribution in [0.15, 0.2) is 47.4 Å². The molecular weight excluding hydrogens is 188 g/mol. The molecule has 3 heteroatoms. The third-order valence-electron chi connectivity index (χ3n) is 2.32. The molecule has 1 aromatic heterocycles. The van der Waals surface area contributed by atoms with Gasteiger partial charge in [-0.15, -0.1) is 0 Å². The van der Waals surface area contributed by atoms with Gasteiger partial charge in [0.25, 0.3) is 5.56 Å². The van der Waals surface area contributed by atoms with Gasteiger partial charge < -0.3 is 10.7 Å². The highest BCUT2D eigenvalue weighted by Gasteiger charge is 2.00. The maximum absolute atomic E-state index is 11.5. The number of pyridine rings is 1. The minimum absolute atomic E-state index is 0.0713. The van der Waals surface area contributed by atoms with Crippen LogP contribution < -0.4 is 11.3 Å². The van der Waals surface area contributed by atoms with Crippen LogP contribution in [0.3, 0.4) is 0 Å². The SMILES string of the molecule is NCc1ccc(-c2ccc[nH]c2=O)cc1. The van der Waals surface area contributed by atoms with Crippen LogP contribution in [0.25, 0.3) is 11.1 Å². The molecule has 0 aliphatic carbocycles. The van der Waals surface area contributed by atoms with Crippen molar-refractivity contribution in [3.8, 4) is 11.1 Å². The van der Waals surface area contributed by atoms with Crippen LogP contribution >= 0.6 is 0 Å². The first-order chi connectivity index (χ1) is 7.31. The topological polar surface area (TPSA) is 58.9 Å². The predicted molar refractivity (Wildman–Crippen MR) is 60.4 cm³/mol. The fourth-order valence-electron chi connectivity index (χ4n) is 1.47. The fraction of sp³-hybridized carbons (Fsp3) is 0.0833. The van der Waals surface area contributed by atoms with Crippen molar-refractivity contribution in [2.75, 3.05) is 0 Å². The van der Waals surface area contributed by atoms with Gasteiger partial charge in [0.2, 0.25) is 0 Å². The molecule has 0 spiro atoms. The van der Waals surface area contributed by atoms with Gasteiger partial charge in [-0.3, -0.25) is 4.79 Å². The summed E-state index contributed by atoms with van der Waals surface area (Å²) in [7, 11) is 0. The molecule has 0 saturated heterocycles. The molecule has 1 aromatic carbocycles. The summed E-state index contributed by atoms with van der Waals surface area (Å²) in [6.45, 7) is 0.519. The zero-order valence-corrected chi connectivity index (χ0v) is 8.23. The minimum Gasteiger partial charge on any atom is -0.329 e. The Bertz CT molecular complexity index is 500. The van der Waals surface area contributed by atoms with Crippen molar-refractivity contribution >= 4 is 0 Å². The van der Waals surface area contributed by atoms with Gasteiger partial charge in [0, 0.05) is 18.3 Å². The Kier molecular flexibility index (Phi) is 2.65. The van der Waals surface area contributed by atoms with Crippen LogP contribution in [-0.4, -0.2) is 4.98 Å². The molecule has 2 rings (SSSR count). The second kappa shape index (κ2) is 4.11. The predicted octanol–water partition coefficient (Wildman–Crippen LogP) is 1.50. The van der Waals surface area contributed by atoms with Gasteiger partial charge in [-0.1, -0.05) is 24.3 Å². The van der Waals surface area contributed by atoms with Gasteiger partial charge in [0.1, 0.15) is 0 Å². The monoisotopic (exact) mass is 200 g/mol. The molecule has 3 nitrogen and oxygen atoms in total. The van der Waals surface area contributed by atoms with Crippen molar-refractivity contribution in [3.63, 3.8) is 0 Å². The van der Waals surface area contributed by atoms with Gasteiger partial charge in [0.15, 0.2) is 0 Å². The molecule has 3 N–H and O–H groups in total. The van der Waals surface area contributed by atoms with E-state index in [1.54, 1.807) is 12.3 Å². The number of hydrogen-bond acceptors (Lipinski definition) is 2. The lowest BCUT2D eigenvalue weighted by Crippen LogP contribution is -2.06. The summed E-state index contributed by atoms with van der Waals surface area (Å²) in [5.41, 5.74) is 8.08.